The maximum absolute atomic E-state index is 13.1. The van der Waals surface area contributed by atoms with E-state index < -0.39 is 18.0 Å². The zero-order valence-corrected chi connectivity index (χ0v) is 20.8. The highest BCUT2D eigenvalue weighted by molar-refractivity contribution is 5.95. The molecule has 1 saturated heterocycles. The fourth-order valence-corrected chi connectivity index (χ4v) is 4.46. The van der Waals surface area contributed by atoms with Gasteiger partial charge in [0, 0.05) is 18.8 Å². The number of ether oxygens (including phenoxy) is 4. The van der Waals surface area contributed by atoms with Crippen molar-refractivity contribution in [3.63, 3.8) is 0 Å². The van der Waals surface area contributed by atoms with Gasteiger partial charge in [0.05, 0.1) is 44.5 Å². The number of nitrogens with one attached hydrogen (secondary N) is 2. The number of methoxy groups -OCH3 is 1. The molecule has 0 bridgehead atoms. The lowest BCUT2D eigenvalue weighted by Crippen LogP contribution is -2.50. The summed E-state index contributed by atoms with van der Waals surface area (Å²) in [6.07, 6.45) is 1.57. The monoisotopic (exact) mass is 489 g/mol. The summed E-state index contributed by atoms with van der Waals surface area (Å²) in [6, 6.07) is 4.12. The van der Waals surface area contributed by atoms with Gasteiger partial charge in [0.1, 0.15) is 0 Å². The average Bonchev–Trinajstić information content (AvgIpc) is 2.84. The minimum Gasteiger partial charge on any atom is -0.493 e. The fourth-order valence-electron chi connectivity index (χ4n) is 4.46. The Labute approximate surface area is 205 Å². The van der Waals surface area contributed by atoms with E-state index in [0.29, 0.717) is 54.6 Å². The third-order valence-corrected chi connectivity index (χ3v) is 5.98. The van der Waals surface area contributed by atoms with Crippen molar-refractivity contribution in [1.29, 1.82) is 0 Å². The molecule has 2 N–H and O–H groups in total. The number of esters is 2. The van der Waals surface area contributed by atoms with E-state index in [4.69, 9.17) is 18.9 Å². The number of hydrogen-bond donors (Lipinski definition) is 2. The predicted molar refractivity (Wildman–Crippen MR) is 128 cm³/mol. The maximum atomic E-state index is 13.1. The highest BCUT2D eigenvalue weighted by Gasteiger charge is 2.36. The van der Waals surface area contributed by atoms with Crippen LogP contribution in [0.15, 0.2) is 29.5 Å². The van der Waals surface area contributed by atoms with Gasteiger partial charge in [-0.3, -0.25) is 9.69 Å². The summed E-state index contributed by atoms with van der Waals surface area (Å²) in [5.74, 6) is 0.0886. The summed E-state index contributed by atoms with van der Waals surface area (Å²) >= 11 is 0. The molecule has 1 aromatic rings. The van der Waals surface area contributed by atoms with Crippen LogP contribution in [0.1, 0.15) is 45.2 Å². The standard InChI is InChI=1S/C25H35N3O7/c1-5-33-19-11-10-16(13-20(19)32-4)22-21(24(30)35-7-3)18(26-25(31)27-22)15-28-12-8-9-17(14-28)23(29)34-6-2/h10-11,13,17,22H,5-9,12,14-15H2,1-4H3,(H2,26,27,31)/t17-,22-/m0/s1. The van der Waals surface area contributed by atoms with E-state index in [2.05, 4.69) is 15.5 Å². The van der Waals surface area contributed by atoms with Crippen molar-refractivity contribution in [2.75, 3.05) is 46.6 Å². The Morgan fingerprint density at radius 3 is 2.54 bits per heavy atom. The van der Waals surface area contributed by atoms with Crippen LogP contribution < -0.4 is 20.1 Å². The highest BCUT2D eigenvalue weighted by Crippen LogP contribution is 2.35. The molecule has 3 rings (SSSR count). The molecule has 0 aliphatic carbocycles. The molecule has 2 aliphatic rings. The van der Waals surface area contributed by atoms with Crippen LogP contribution in [0.25, 0.3) is 0 Å². The Morgan fingerprint density at radius 1 is 1.09 bits per heavy atom. The largest absolute Gasteiger partial charge is 0.493 e. The molecule has 35 heavy (non-hydrogen) atoms. The van der Waals surface area contributed by atoms with Crippen LogP contribution in [0.3, 0.4) is 0 Å². The molecular formula is C25H35N3O7. The number of carbonyl (C=O) groups is 3. The van der Waals surface area contributed by atoms with Gasteiger partial charge in [-0.15, -0.1) is 0 Å². The second kappa shape index (κ2) is 12.4. The van der Waals surface area contributed by atoms with Crippen LogP contribution in [0.4, 0.5) is 4.79 Å². The number of piperidine rings is 1. The van der Waals surface area contributed by atoms with Crippen molar-refractivity contribution in [3.8, 4) is 11.5 Å². The van der Waals surface area contributed by atoms with Gasteiger partial charge < -0.3 is 29.6 Å². The Bertz CT molecular complexity index is 962. The van der Waals surface area contributed by atoms with Gasteiger partial charge in [-0.05, 0) is 57.9 Å². The first kappa shape index (κ1) is 26.3. The SMILES string of the molecule is CCOC(=O)C1=C(CN2CCC[C@H](C(=O)OCC)C2)NC(=O)N[C@H]1c1ccc(OCC)c(OC)c1. The van der Waals surface area contributed by atoms with E-state index >= 15 is 0 Å². The fraction of sp³-hybridized carbons (Fsp3) is 0.560. The van der Waals surface area contributed by atoms with E-state index in [9.17, 15) is 14.4 Å². The number of rotatable bonds is 10. The molecular weight excluding hydrogens is 454 g/mol. The number of nitrogens with zero attached hydrogens (tertiary/aromatic N) is 1. The van der Waals surface area contributed by atoms with Crippen LogP contribution in [-0.2, 0) is 19.1 Å². The lowest BCUT2D eigenvalue weighted by Gasteiger charge is -2.35. The van der Waals surface area contributed by atoms with Crippen LogP contribution in [0.5, 0.6) is 11.5 Å². The molecule has 1 fully saturated rings. The first-order valence-corrected chi connectivity index (χ1v) is 12.1. The molecule has 10 nitrogen and oxygen atoms in total. The van der Waals surface area contributed by atoms with Gasteiger partial charge in [-0.2, -0.15) is 0 Å². The lowest BCUT2D eigenvalue weighted by atomic mass is 9.93. The second-order valence-electron chi connectivity index (χ2n) is 8.31. The minimum absolute atomic E-state index is 0.192. The van der Waals surface area contributed by atoms with E-state index in [1.54, 1.807) is 32.0 Å². The number of hydrogen-bond acceptors (Lipinski definition) is 8. The second-order valence-corrected chi connectivity index (χ2v) is 8.31. The third-order valence-electron chi connectivity index (χ3n) is 5.98. The quantitative estimate of drug-likeness (QED) is 0.482. The Hall–Kier alpha value is -3.27. The summed E-state index contributed by atoms with van der Waals surface area (Å²) in [5, 5.41) is 5.64. The topological polar surface area (TPSA) is 115 Å². The van der Waals surface area contributed by atoms with Gasteiger partial charge in [0.25, 0.3) is 0 Å². The zero-order valence-electron chi connectivity index (χ0n) is 20.8. The first-order chi connectivity index (χ1) is 16.9. The number of urea groups is 1. The number of carbonyl (C=O) groups excluding carboxylic acids is 3. The van der Waals surface area contributed by atoms with Crippen molar-refractivity contribution >= 4 is 18.0 Å². The molecule has 192 valence electrons. The lowest BCUT2D eigenvalue weighted by molar-refractivity contribution is -0.150. The summed E-state index contributed by atoms with van der Waals surface area (Å²) in [6.45, 7) is 7.92. The van der Waals surface area contributed by atoms with Crippen LogP contribution >= 0.6 is 0 Å². The Balaban J connectivity index is 1.95. The molecule has 2 atom stereocenters. The predicted octanol–water partition coefficient (Wildman–Crippen LogP) is 2.54. The smallest absolute Gasteiger partial charge is 0.338 e. The van der Waals surface area contributed by atoms with Crippen molar-refractivity contribution in [2.24, 2.45) is 5.92 Å². The molecule has 0 saturated carbocycles. The average molecular weight is 490 g/mol. The number of benzene rings is 1. The Morgan fingerprint density at radius 2 is 1.86 bits per heavy atom. The molecule has 0 radical (unpaired) electrons. The van der Waals surface area contributed by atoms with Crippen LogP contribution in [-0.4, -0.2) is 69.4 Å². The Kier molecular flexibility index (Phi) is 9.36. The van der Waals surface area contributed by atoms with Gasteiger partial charge >= 0.3 is 18.0 Å². The summed E-state index contributed by atoms with van der Waals surface area (Å²) < 4.78 is 21.6. The van der Waals surface area contributed by atoms with E-state index in [1.165, 1.54) is 7.11 Å². The van der Waals surface area contributed by atoms with Gasteiger partial charge in [-0.25, -0.2) is 9.59 Å². The molecule has 2 aliphatic heterocycles. The minimum atomic E-state index is -0.743. The summed E-state index contributed by atoms with van der Waals surface area (Å²) in [5.41, 5.74) is 1.43. The van der Waals surface area contributed by atoms with Crippen molar-refractivity contribution in [1.82, 2.24) is 15.5 Å². The zero-order chi connectivity index (χ0) is 25.4. The van der Waals surface area contributed by atoms with E-state index in [1.807, 2.05) is 6.92 Å². The summed E-state index contributed by atoms with van der Waals surface area (Å²) in [4.78, 5) is 40.1. The molecule has 0 spiro atoms. The maximum Gasteiger partial charge on any atom is 0.338 e. The molecule has 0 unspecified atom stereocenters. The summed E-state index contributed by atoms with van der Waals surface area (Å²) in [7, 11) is 1.53. The van der Waals surface area contributed by atoms with E-state index in [0.717, 1.165) is 19.4 Å². The molecule has 1 aromatic carbocycles. The number of likely N-dealkylation sites (tertiary alicyclic amines) is 1. The number of amides is 2. The van der Waals surface area contributed by atoms with Gasteiger partial charge in [0.15, 0.2) is 11.5 Å². The van der Waals surface area contributed by atoms with Gasteiger partial charge in [-0.1, -0.05) is 6.07 Å². The normalized spacial score (nSPS) is 20.5. The molecule has 10 heteroatoms. The van der Waals surface area contributed by atoms with Gasteiger partial charge in [0.2, 0.25) is 0 Å². The molecule has 2 heterocycles. The third kappa shape index (κ3) is 6.45. The van der Waals surface area contributed by atoms with Crippen LogP contribution in [0.2, 0.25) is 0 Å². The van der Waals surface area contributed by atoms with Crippen molar-refractivity contribution in [3.05, 3.63) is 35.0 Å². The highest BCUT2D eigenvalue weighted by atomic mass is 16.5. The molecule has 0 aromatic heterocycles. The van der Waals surface area contributed by atoms with Crippen molar-refractivity contribution < 1.29 is 33.3 Å². The molecule has 2 amide bonds. The van der Waals surface area contributed by atoms with Crippen LogP contribution in [0, 0.1) is 5.92 Å². The first-order valence-electron chi connectivity index (χ1n) is 12.1. The van der Waals surface area contributed by atoms with E-state index in [-0.39, 0.29) is 18.5 Å². The van der Waals surface area contributed by atoms with Crippen molar-refractivity contribution in [2.45, 2.75) is 39.7 Å².